The molecule has 0 unspecified atom stereocenters. The van der Waals surface area contributed by atoms with Gasteiger partial charge in [-0.3, -0.25) is 9.78 Å². The fourth-order valence-electron chi connectivity index (χ4n) is 2.62. The Bertz CT molecular complexity index is 632. The van der Waals surface area contributed by atoms with Gasteiger partial charge in [-0.1, -0.05) is 30.3 Å². The van der Waals surface area contributed by atoms with Crippen LogP contribution in [0, 0.1) is 5.92 Å². The number of benzene rings is 1. The zero-order valence-corrected chi connectivity index (χ0v) is 11.9. The van der Waals surface area contributed by atoms with Crippen LogP contribution in [0.3, 0.4) is 0 Å². The third-order valence-electron chi connectivity index (χ3n) is 3.83. The summed E-state index contributed by atoms with van der Waals surface area (Å²) in [7, 11) is 0. The Hall–Kier alpha value is -2.14. The van der Waals surface area contributed by atoms with Crippen molar-refractivity contribution in [2.24, 2.45) is 5.92 Å². The van der Waals surface area contributed by atoms with Gasteiger partial charge >= 0.3 is 0 Å². The lowest BCUT2D eigenvalue weighted by Gasteiger charge is -2.22. The number of hydrogen-bond acceptors (Lipinski definition) is 4. The van der Waals surface area contributed by atoms with Crippen LogP contribution in [0.4, 0.5) is 5.95 Å². The second kappa shape index (κ2) is 6.54. The van der Waals surface area contributed by atoms with Gasteiger partial charge in [0.1, 0.15) is 0 Å². The lowest BCUT2D eigenvalue weighted by atomic mass is 9.98. The number of piperidine rings is 1. The summed E-state index contributed by atoms with van der Waals surface area (Å²) >= 11 is 0. The Balaban J connectivity index is 1.73. The molecule has 3 rings (SSSR count). The number of aromatic amines is 1. The quantitative estimate of drug-likeness (QED) is 0.801. The SMILES string of the molecule is O=c1cc(-c2ccccc2)nc(NCC2CCNCC2)[nH]1. The minimum Gasteiger partial charge on any atom is -0.355 e. The molecule has 0 bridgehead atoms. The average molecular weight is 284 g/mol. The summed E-state index contributed by atoms with van der Waals surface area (Å²) in [6, 6.07) is 11.3. The second-order valence-electron chi connectivity index (χ2n) is 5.42. The summed E-state index contributed by atoms with van der Waals surface area (Å²) in [5.74, 6) is 1.19. The summed E-state index contributed by atoms with van der Waals surface area (Å²) in [6.07, 6.45) is 2.32. The molecular formula is C16H20N4O. The standard InChI is InChI=1S/C16H20N4O/c21-15-10-14(13-4-2-1-3-5-13)19-16(20-15)18-11-12-6-8-17-9-7-12/h1-5,10,12,17H,6-9,11H2,(H2,18,19,20,21). The van der Waals surface area contributed by atoms with Gasteiger partial charge in [-0.15, -0.1) is 0 Å². The number of H-pyrrole nitrogens is 1. The molecule has 0 atom stereocenters. The predicted octanol–water partition coefficient (Wildman–Crippen LogP) is 1.85. The largest absolute Gasteiger partial charge is 0.355 e. The highest BCUT2D eigenvalue weighted by Crippen LogP contribution is 2.16. The molecule has 0 radical (unpaired) electrons. The number of nitrogens with zero attached hydrogens (tertiary/aromatic N) is 1. The predicted molar refractivity (Wildman–Crippen MR) is 84.4 cm³/mol. The summed E-state index contributed by atoms with van der Waals surface area (Å²) in [5.41, 5.74) is 1.53. The smallest absolute Gasteiger partial charge is 0.252 e. The first-order valence-electron chi connectivity index (χ1n) is 7.42. The fourth-order valence-corrected chi connectivity index (χ4v) is 2.62. The monoisotopic (exact) mass is 284 g/mol. The summed E-state index contributed by atoms with van der Waals surface area (Å²) in [5, 5.41) is 6.62. The Kier molecular flexibility index (Phi) is 4.31. The molecule has 0 aliphatic carbocycles. The Labute approximate surface area is 123 Å². The van der Waals surface area contributed by atoms with Crippen LogP contribution >= 0.6 is 0 Å². The van der Waals surface area contributed by atoms with E-state index < -0.39 is 0 Å². The van der Waals surface area contributed by atoms with Gasteiger partial charge in [-0.2, -0.15) is 0 Å². The molecule has 1 aliphatic rings. The van der Waals surface area contributed by atoms with Crippen LogP contribution in [-0.4, -0.2) is 29.6 Å². The lowest BCUT2D eigenvalue weighted by Crippen LogP contribution is -2.31. The minimum absolute atomic E-state index is 0.128. The maximum absolute atomic E-state index is 11.8. The van der Waals surface area contributed by atoms with Gasteiger partial charge in [0.15, 0.2) is 0 Å². The van der Waals surface area contributed by atoms with Crippen LogP contribution in [0.15, 0.2) is 41.2 Å². The maximum Gasteiger partial charge on any atom is 0.252 e. The fraction of sp³-hybridized carbons (Fsp3) is 0.375. The van der Waals surface area contributed by atoms with E-state index in [1.54, 1.807) is 0 Å². The highest BCUT2D eigenvalue weighted by atomic mass is 16.1. The van der Waals surface area contributed by atoms with Crippen LogP contribution in [0.2, 0.25) is 0 Å². The van der Waals surface area contributed by atoms with E-state index in [1.807, 2.05) is 30.3 Å². The third kappa shape index (κ3) is 3.70. The highest BCUT2D eigenvalue weighted by molar-refractivity contribution is 5.59. The molecular weight excluding hydrogens is 264 g/mol. The molecule has 0 saturated carbocycles. The molecule has 2 aromatic rings. The first-order valence-corrected chi connectivity index (χ1v) is 7.42. The van der Waals surface area contributed by atoms with Gasteiger partial charge in [0.25, 0.3) is 5.56 Å². The summed E-state index contributed by atoms with van der Waals surface area (Å²) in [6.45, 7) is 2.99. The molecule has 1 aromatic carbocycles. The van der Waals surface area contributed by atoms with E-state index in [0.717, 1.165) is 38.0 Å². The van der Waals surface area contributed by atoms with Crippen molar-refractivity contribution in [3.8, 4) is 11.3 Å². The molecule has 3 N–H and O–H groups in total. The Morgan fingerprint density at radius 2 is 1.95 bits per heavy atom. The van der Waals surface area contributed by atoms with Crippen molar-refractivity contribution >= 4 is 5.95 Å². The van der Waals surface area contributed by atoms with Gasteiger partial charge in [0, 0.05) is 18.2 Å². The molecule has 2 heterocycles. The molecule has 0 spiro atoms. The van der Waals surface area contributed by atoms with E-state index >= 15 is 0 Å². The van der Waals surface area contributed by atoms with Gasteiger partial charge in [-0.05, 0) is 31.8 Å². The molecule has 0 amide bonds. The van der Waals surface area contributed by atoms with Crippen LogP contribution in [0.5, 0.6) is 0 Å². The van der Waals surface area contributed by atoms with Crippen molar-refractivity contribution in [1.82, 2.24) is 15.3 Å². The van der Waals surface area contributed by atoms with E-state index in [0.29, 0.717) is 17.6 Å². The number of hydrogen-bond donors (Lipinski definition) is 3. The molecule has 1 aromatic heterocycles. The number of anilines is 1. The third-order valence-corrected chi connectivity index (χ3v) is 3.83. The molecule has 1 fully saturated rings. The Morgan fingerprint density at radius 3 is 2.71 bits per heavy atom. The van der Waals surface area contributed by atoms with Crippen molar-refractivity contribution in [1.29, 1.82) is 0 Å². The molecule has 5 heteroatoms. The molecule has 1 saturated heterocycles. The average Bonchev–Trinajstić information content (AvgIpc) is 2.54. The van der Waals surface area contributed by atoms with Crippen LogP contribution in [-0.2, 0) is 0 Å². The van der Waals surface area contributed by atoms with Crippen LogP contribution in [0.25, 0.3) is 11.3 Å². The van der Waals surface area contributed by atoms with Crippen molar-refractivity contribution in [2.45, 2.75) is 12.8 Å². The van der Waals surface area contributed by atoms with Crippen molar-refractivity contribution in [3.63, 3.8) is 0 Å². The second-order valence-corrected chi connectivity index (χ2v) is 5.42. The summed E-state index contributed by atoms with van der Waals surface area (Å²) < 4.78 is 0. The zero-order chi connectivity index (χ0) is 14.5. The van der Waals surface area contributed by atoms with Gasteiger partial charge in [0.05, 0.1) is 5.69 Å². The van der Waals surface area contributed by atoms with Gasteiger partial charge in [0.2, 0.25) is 5.95 Å². The normalized spacial score (nSPS) is 15.8. The first kappa shape index (κ1) is 13.8. The van der Waals surface area contributed by atoms with Crippen LogP contribution in [0.1, 0.15) is 12.8 Å². The van der Waals surface area contributed by atoms with Crippen LogP contribution < -0.4 is 16.2 Å². The van der Waals surface area contributed by atoms with Crippen molar-refractivity contribution in [3.05, 3.63) is 46.8 Å². The van der Waals surface area contributed by atoms with E-state index in [1.165, 1.54) is 6.07 Å². The number of nitrogens with one attached hydrogen (secondary N) is 3. The van der Waals surface area contributed by atoms with E-state index in [-0.39, 0.29) is 5.56 Å². The number of aromatic nitrogens is 2. The lowest BCUT2D eigenvalue weighted by molar-refractivity contribution is 0.389. The van der Waals surface area contributed by atoms with E-state index in [2.05, 4.69) is 20.6 Å². The van der Waals surface area contributed by atoms with E-state index in [9.17, 15) is 4.79 Å². The molecule has 21 heavy (non-hydrogen) atoms. The molecule has 5 nitrogen and oxygen atoms in total. The van der Waals surface area contributed by atoms with Crippen molar-refractivity contribution in [2.75, 3.05) is 25.0 Å². The zero-order valence-electron chi connectivity index (χ0n) is 11.9. The van der Waals surface area contributed by atoms with Gasteiger partial charge < -0.3 is 10.6 Å². The van der Waals surface area contributed by atoms with Crippen molar-refractivity contribution < 1.29 is 0 Å². The first-order chi connectivity index (χ1) is 10.3. The highest BCUT2D eigenvalue weighted by Gasteiger charge is 2.13. The number of rotatable bonds is 4. The maximum atomic E-state index is 11.8. The van der Waals surface area contributed by atoms with Gasteiger partial charge in [-0.25, -0.2) is 4.98 Å². The summed E-state index contributed by atoms with van der Waals surface area (Å²) in [4.78, 5) is 19.1. The van der Waals surface area contributed by atoms with E-state index in [4.69, 9.17) is 0 Å². The topological polar surface area (TPSA) is 69.8 Å². The molecule has 1 aliphatic heterocycles. The molecule has 110 valence electrons. The Morgan fingerprint density at radius 1 is 1.19 bits per heavy atom. The minimum atomic E-state index is -0.128.